The van der Waals surface area contributed by atoms with Gasteiger partial charge in [-0.05, 0) is 66.9 Å². The highest BCUT2D eigenvalue weighted by atomic mass is 19.1. The first-order valence-corrected chi connectivity index (χ1v) is 10.6. The molecule has 7 heteroatoms. The smallest absolute Gasteiger partial charge is 0.161 e. The van der Waals surface area contributed by atoms with E-state index in [1.165, 1.54) is 12.1 Å². The first kappa shape index (κ1) is 19.3. The number of hydrogen-bond acceptors (Lipinski definition) is 4. The number of fused-ring (bicyclic) bond motifs is 2. The van der Waals surface area contributed by atoms with Gasteiger partial charge in [0.1, 0.15) is 11.3 Å². The number of aryl methyl sites for hydroxylation is 2. The molecule has 0 fully saturated rings. The molecule has 6 aromatic rings. The summed E-state index contributed by atoms with van der Waals surface area (Å²) < 4.78 is 14.1. The van der Waals surface area contributed by atoms with E-state index in [4.69, 9.17) is 9.97 Å². The van der Waals surface area contributed by atoms with Crippen LogP contribution in [-0.2, 0) is 0 Å². The molecule has 0 saturated carbocycles. The number of aromatic amines is 2. The van der Waals surface area contributed by atoms with Gasteiger partial charge in [-0.2, -0.15) is 5.10 Å². The number of para-hydroxylation sites is 1. The lowest BCUT2D eigenvalue weighted by Gasteiger charge is -2.04. The summed E-state index contributed by atoms with van der Waals surface area (Å²) in [5, 5.41) is 7.54. The van der Waals surface area contributed by atoms with E-state index < -0.39 is 0 Å². The fourth-order valence-electron chi connectivity index (χ4n) is 4.22. The fourth-order valence-corrected chi connectivity index (χ4v) is 4.22. The highest BCUT2D eigenvalue weighted by Crippen LogP contribution is 2.32. The molecule has 0 aliphatic heterocycles. The standard InChI is InChI=1S/C26H19FN6/c1-14-10-16(12-17(27)11-14)18-4-3-5-21-23(18)31-26(30-21)25-24-22(32-33-25)7-6-20(29-24)19-13-28-9-8-15(19)2/h3-13H,1-2H3,(H,30,31)(H,32,33). The van der Waals surface area contributed by atoms with Crippen molar-refractivity contribution in [2.24, 2.45) is 0 Å². The van der Waals surface area contributed by atoms with Crippen LogP contribution in [0, 0.1) is 19.7 Å². The van der Waals surface area contributed by atoms with E-state index in [0.717, 1.165) is 55.6 Å². The Morgan fingerprint density at radius 3 is 2.61 bits per heavy atom. The van der Waals surface area contributed by atoms with Gasteiger partial charge in [-0.25, -0.2) is 14.4 Å². The SMILES string of the molecule is Cc1cc(F)cc(-c2cccc3[nH]c(-c4n[nH]c5ccc(-c6cnccc6C)nc45)nc23)c1. The van der Waals surface area contributed by atoms with Gasteiger partial charge >= 0.3 is 0 Å². The van der Waals surface area contributed by atoms with Crippen LogP contribution < -0.4 is 0 Å². The van der Waals surface area contributed by atoms with Crippen molar-refractivity contribution < 1.29 is 4.39 Å². The molecule has 2 N–H and O–H groups in total. The first-order valence-electron chi connectivity index (χ1n) is 10.6. The predicted octanol–water partition coefficient (Wildman–Crippen LogP) is 5.99. The molecule has 0 amide bonds. The molecule has 2 aromatic carbocycles. The van der Waals surface area contributed by atoms with E-state index in [-0.39, 0.29) is 5.82 Å². The first-order chi connectivity index (χ1) is 16.1. The molecular formula is C26H19FN6. The van der Waals surface area contributed by atoms with Crippen LogP contribution in [0.2, 0.25) is 0 Å². The van der Waals surface area contributed by atoms with Crippen LogP contribution in [0.25, 0.3) is 56.0 Å². The topological polar surface area (TPSA) is 83.1 Å². The van der Waals surface area contributed by atoms with Crippen LogP contribution in [-0.4, -0.2) is 30.1 Å². The Balaban J connectivity index is 1.52. The van der Waals surface area contributed by atoms with Gasteiger partial charge in [-0.1, -0.05) is 18.2 Å². The van der Waals surface area contributed by atoms with Crippen LogP contribution in [0.5, 0.6) is 0 Å². The summed E-state index contributed by atoms with van der Waals surface area (Å²) in [4.78, 5) is 17.3. The van der Waals surface area contributed by atoms with Crippen LogP contribution in [0.3, 0.4) is 0 Å². The lowest BCUT2D eigenvalue weighted by molar-refractivity contribution is 0.627. The normalized spacial score (nSPS) is 11.5. The van der Waals surface area contributed by atoms with Crippen molar-refractivity contribution in [3.8, 4) is 33.9 Å². The third kappa shape index (κ3) is 3.25. The maximum atomic E-state index is 14.1. The minimum atomic E-state index is -0.265. The van der Waals surface area contributed by atoms with E-state index in [1.54, 1.807) is 6.20 Å². The third-order valence-electron chi connectivity index (χ3n) is 5.81. The van der Waals surface area contributed by atoms with Crippen molar-refractivity contribution >= 4 is 22.1 Å². The summed E-state index contributed by atoms with van der Waals surface area (Å²) in [5.41, 5.74) is 9.17. The summed E-state index contributed by atoms with van der Waals surface area (Å²) in [7, 11) is 0. The summed E-state index contributed by atoms with van der Waals surface area (Å²) in [6, 6.07) is 16.7. The van der Waals surface area contributed by atoms with Gasteiger partial charge in [0.05, 0.1) is 22.2 Å². The molecule has 0 radical (unpaired) electrons. The minimum absolute atomic E-state index is 0.265. The van der Waals surface area contributed by atoms with Crippen molar-refractivity contribution in [3.63, 3.8) is 0 Å². The molecule has 33 heavy (non-hydrogen) atoms. The maximum absolute atomic E-state index is 14.1. The summed E-state index contributed by atoms with van der Waals surface area (Å²) >= 11 is 0. The fraction of sp³-hybridized carbons (Fsp3) is 0.0769. The molecule has 6 nitrogen and oxygen atoms in total. The molecule has 160 valence electrons. The monoisotopic (exact) mass is 434 g/mol. The van der Waals surface area contributed by atoms with Crippen molar-refractivity contribution in [2.75, 3.05) is 0 Å². The molecule has 6 rings (SSSR count). The summed E-state index contributed by atoms with van der Waals surface area (Å²) in [5.74, 6) is 0.336. The number of imidazole rings is 1. The largest absolute Gasteiger partial charge is 0.336 e. The quantitative estimate of drug-likeness (QED) is 0.359. The molecule has 0 aliphatic rings. The maximum Gasteiger partial charge on any atom is 0.161 e. The minimum Gasteiger partial charge on any atom is -0.336 e. The van der Waals surface area contributed by atoms with E-state index >= 15 is 0 Å². The van der Waals surface area contributed by atoms with Crippen LogP contribution >= 0.6 is 0 Å². The number of H-pyrrole nitrogens is 2. The van der Waals surface area contributed by atoms with Gasteiger partial charge in [0.15, 0.2) is 11.5 Å². The predicted molar refractivity (Wildman–Crippen MR) is 127 cm³/mol. The van der Waals surface area contributed by atoms with Crippen molar-refractivity contribution in [3.05, 3.63) is 83.9 Å². The number of rotatable bonds is 3. The number of aromatic nitrogens is 6. The Kier molecular flexibility index (Phi) is 4.29. The number of benzene rings is 2. The zero-order chi connectivity index (χ0) is 22.5. The lowest BCUT2D eigenvalue weighted by atomic mass is 10.0. The van der Waals surface area contributed by atoms with E-state index in [0.29, 0.717) is 11.5 Å². The van der Waals surface area contributed by atoms with Crippen LogP contribution in [0.1, 0.15) is 11.1 Å². The molecule has 0 aliphatic carbocycles. The zero-order valence-corrected chi connectivity index (χ0v) is 18.0. The number of nitrogens with one attached hydrogen (secondary N) is 2. The molecule has 4 heterocycles. The molecule has 0 unspecified atom stereocenters. The van der Waals surface area contributed by atoms with E-state index in [2.05, 4.69) is 20.2 Å². The Hall–Kier alpha value is -4.39. The molecule has 4 aromatic heterocycles. The third-order valence-corrected chi connectivity index (χ3v) is 5.81. The molecular weight excluding hydrogens is 415 g/mol. The molecule has 0 saturated heterocycles. The van der Waals surface area contributed by atoms with Crippen molar-refractivity contribution in [1.82, 2.24) is 30.1 Å². The van der Waals surface area contributed by atoms with Gasteiger partial charge in [0.2, 0.25) is 0 Å². The zero-order valence-electron chi connectivity index (χ0n) is 18.0. The molecule has 0 bridgehead atoms. The van der Waals surface area contributed by atoms with Crippen LogP contribution in [0.15, 0.2) is 67.0 Å². The van der Waals surface area contributed by atoms with E-state index in [1.807, 2.05) is 62.5 Å². The van der Waals surface area contributed by atoms with Gasteiger partial charge in [0.25, 0.3) is 0 Å². The lowest BCUT2D eigenvalue weighted by Crippen LogP contribution is -1.90. The highest BCUT2D eigenvalue weighted by Gasteiger charge is 2.17. The van der Waals surface area contributed by atoms with Gasteiger partial charge in [-0.15, -0.1) is 0 Å². The average molecular weight is 434 g/mol. The number of hydrogen-bond donors (Lipinski definition) is 2. The Bertz CT molecular complexity index is 1640. The highest BCUT2D eigenvalue weighted by molar-refractivity contribution is 5.96. The Morgan fingerprint density at radius 2 is 1.76 bits per heavy atom. The molecule has 0 atom stereocenters. The summed E-state index contributed by atoms with van der Waals surface area (Å²) in [6.45, 7) is 3.92. The van der Waals surface area contributed by atoms with Crippen LogP contribution in [0.4, 0.5) is 4.39 Å². The van der Waals surface area contributed by atoms with Crippen molar-refractivity contribution in [2.45, 2.75) is 13.8 Å². The second kappa shape index (κ2) is 7.34. The van der Waals surface area contributed by atoms with Gasteiger partial charge in [-0.3, -0.25) is 10.1 Å². The average Bonchev–Trinajstić information content (AvgIpc) is 3.42. The summed E-state index contributed by atoms with van der Waals surface area (Å²) in [6.07, 6.45) is 3.59. The molecule has 0 spiro atoms. The van der Waals surface area contributed by atoms with E-state index in [9.17, 15) is 4.39 Å². The van der Waals surface area contributed by atoms with Gasteiger partial charge in [0, 0.05) is 23.5 Å². The number of nitrogens with zero attached hydrogens (tertiary/aromatic N) is 4. The second-order valence-corrected chi connectivity index (χ2v) is 8.16. The number of halogens is 1. The Labute approximate surface area is 188 Å². The van der Waals surface area contributed by atoms with Gasteiger partial charge < -0.3 is 4.98 Å². The number of pyridine rings is 2. The van der Waals surface area contributed by atoms with Crippen molar-refractivity contribution in [1.29, 1.82) is 0 Å². The Morgan fingerprint density at radius 1 is 0.848 bits per heavy atom. The second-order valence-electron chi connectivity index (χ2n) is 8.16.